The van der Waals surface area contributed by atoms with E-state index in [1.165, 1.54) is 11.1 Å². The molecular formula is C21H21ClN2O2. The van der Waals surface area contributed by atoms with Crippen LogP contribution in [0.25, 0.3) is 0 Å². The lowest BCUT2D eigenvalue weighted by Crippen LogP contribution is -3.00. The van der Waals surface area contributed by atoms with Crippen molar-refractivity contribution in [3.8, 4) is 5.75 Å². The number of ether oxygens (including phenoxy) is 1. The van der Waals surface area contributed by atoms with Gasteiger partial charge in [0.2, 0.25) is 0 Å². The highest BCUT2D eigenvalue weighted by molar-refractivity contribution is 5.84. The summed E-state index contributed by atoms with van der Waals surface area (Å²) in [6.45, 7) is 0. The van der Waals surface area contributed by atoms with Crippen molar-refractivity contribution in [3.05, 3.63) is 90.3 Å². The molecule has 0 saturated heterocycles. The Labute approximate surface area is 160 Å². The molecule has 0 spiro atoms. The third-order valence-corrected chi connectivity index (χ3v) is 4.12. The number of hydrogen-bond donors (Lipinski definition) is 0. The first-order valence-corrected chi connectivity index (χ1v) is 8.13. The molecule has 0 aliphatic rings. The van der Waals surface area contributed by atoms with Crippen LogP contribution in [0.1, 0.15) is 11.1 Å². The maximum atomic E-state index is 12.6. The Morgan fingerprint density at radius 2 is 1.50 bits per heavy atom. The second-order valence-electron chi connectivity index (χ2n) is 5.82. The van der Waals surface area contributed by atoms with Crippen LogP contribution in [0, 0.1) is 0 Å². The number of anilines is 1. The normalized spacial score (nSPS) is 9.92. The Bertz CT molecular complexity index is 834. The Kier molecular flexibility index (Phi) is 6.75. The van der Waals surface area contributed by atoms with Gasteiger partial charge in [-0.1, -0.05) is 30.3 Å². The Morgan fingerprint density at radius 1 is 0.923 bits per heavy atom. The largest absolute Gasteiger partial charge is 1.00 e. The van der Waals surface area contributed by atoms with E-state index in [4.69, 9.17) is 4.74 Å². The van der Waals surface area contributed by atoms with Gasteiger partial charge in [-0.05, 0) is 53.9 Å². The molecule has 1 amide bonds. The molecule has 1 heterocycles. The molecule has 2 aromatic carbocycles. The fraction of sp³-hybridized carbons (Fsp3) is 0.143. The summed E-state index contributed by atoms with van der Waals surface area (Å²) in [5.74, 6) is 0.766. The van der Waals surface area contributed by atoms with Gasteiger partial charge < -0.3 is 17.1 Å². The van der Waals surface area contributed by atoms with Crippen molar-refractivity contribution in [2.24, 2.45) is 0 Å². The summed E-state index contributed by atoms with van der Waals surface area (Å²) in [6, 6.07) is 21.5. The van der Waals surface area contributed by atoms with Crippen molar-refractivity contribution in [3.63, 3.8) is 0 Å². The predicted molar refractivity (Wildman–Crippen MR) is 98.1 cm³/mol. The average molecular weight is 369 g/mol. The van der Waals surface area contributed by atoms with Gasteiger partial charge in [0, 0.05) is 0 Å². The van der Waals surface area contributed by atoms with Crippen molar-refractivity contribution in [2.45, 2.75) is 6.42 Å². The van der Waals surface area contributed by atoms with Gasteiger partial charge in [-0.2, -0.15) is 14.3 Å². The summed E-state index contributed by atoms with van der Waals surface area (Å²) < 4.78 is 6.73. The highest BCUT2D eigenvalue weighted by atomic mass is 35.5. The highest BCUT2D eigenvalue weighted by Gasteiger charge is 2.22. The SMILES string of the molecule is COc1ccc(N(C)C(=O)[n+]2ccc(Cc3ccccc3)cc2)cc1.[Cl-]. The molecule has 3 aromatic rings. The number of nitrogens with zero attached hydrogens (tertiary/aromatic N) is 2. The summed E-state index contributed by atoms with van der Waals surface area (Å²) in [6.07, 6.45) is 4.46. The van der Waals surface area contributed by atoms with E-state index in [0.717, 1.165) is 17.9 Å². The Balaban J connectivity index is 0.00000243. The predicted octanol–water partition coefficient (Wildman–Crippen LogP) is 0.682. The topological polar surface area (TPSA) is 33.4 Å². The first kappa shape index (κ1) is 19.5. The molecule has 1 aromatic heterocycles. The van der Waals surface area contributed by atoms with E-state index in [1.807, 2.05) is 54.6 Å². The monoisotopic (exact) mass is 368 g/mol. The standard InChI is InChI=1S/C21H21N2O2.ClH/c1-22(19-8-10-20(25-2)11-9-19)21(24)23-14-12-18(13-15-23)16-17-6-4-3-5-7-17;/h3-15H,16H2,1-2H3;1H/q+1;/p-1. The van der Waals surface area contributed by atoms with E-state index in [2.05, 4.69) is 12.1 Å². The number of carbonyl (C=O) groups excluding carboxylic acids is 1. The molecule has 5 heteroatoms. The van der Waals surface area contributed by atoms with E-state index in [9.17, 15) is 4.79 Å². The van der Waals surface area contributed by atoms with Crippen LogP contribution in [-0.4, -0.2) is 20.2 Å². The van der Waals surface area contributed by atoms with Gasteiger partial charge in [0.25, 0.3) is 0 Å². The van der Waals surface area contributed by atoms with Crippen LogP contribution in [0.2, 0.25) is 0 Å². The highest BCUT2D eigenvalue weighted by Crippen LogP contribution is 2.18. The zero-order valence-corrected chi connectivity index (χ0v) is 15.6. The van der Waals surface area contributed by atoms with Crippen LogP contribution in [0.5, 0.6) is 5.75 Å². The molecule has 0 bridgehead atoms. The number of pyridine rings is 1. The van der Waals surface area contributed by atoms with E-state index in [1.54, 1.807) is 36.0 Å². The van der Waals surface area contributed by atoms with Crippen LogP contribution in [0.4, 0.5) is 10.5 Å². The molecule has 0 unspecified atom stereocenters. The summed E-state index contributed by atoms with van der Waals surface area (Å²) in [4.78, 5) is 14.2. The number of hydrogen-bond acceptors (Lipinski definition) is 2. The van der Waals surface area contributed by atoms with Gasteiger partial charge in [-0.15, -0.1) is 0 Å². The quantitative estimate of drug-likeness (QED) is 0.635. The van der Waals surface area contributed by atoms with E-state index in [-0.39, 0.29) is 18.4 Å². The molecule has 4 nitrogen and oxygen atoms in total. The first-order chi connectivity index (χ1) is 12.2. The maximum absolute atomic E-state index is 12.6. The average Bonchev–Trinajstić information content (AvgIpc) is 2.68. The lowest BCUT2D eigenvalue weighted by Gasteiger charge is -2.10. The van der Waals surface area contributed by atoms with E-state index in [0.29, 0.717) is 0 Å². The van der Waals surface area contributed by atoms with E-state index >= 15 is 0 Å². The summed E-state index contributed by atoms with van der Waals surface area (Å²) in [5, 5.41) is 0. The molecule has 26 heavy (non-hydrogen) atoms. The number of benzene rings is 2. The fourth-order valence-electron chi connectivity index (χ4n) is 2.62. The van der Waals surface area contributed by atoms with Crippen molar-refractivity contribution < 1.29 is 26.5 Å². The van der Waals surface area contributed by atoms with Crippen LogP contribution < -0.4 is 26.6 Å². The van der Waals surface area contributed by atoms with E-state index < -0.39 is 0 Å². The number of methoxy groups -OCH3 is 1. The molecule has 134 valence electrons. The third-order valence-electron chi connectivity index (χ3n) is 4.12. The van der Waals surface area contributed by atoms with Gasteiger partial charge in [0.1, 0.15) is 11.4 Å². The van der Waals surface area contributed by atoms with Gasteiger partial charge >= 0.3 is 6.03 Å². The van der Waals surface area contributed by atoms with Gasteiger partial charge in [-0.3, -0.25) is 0 Å². The Morgan fingerprint density at radius 3 is 2.08 bits per heavy atom. The third kappa shape index (κ3) is 4.61. The van der Waals surface area contributed by atoms with Gasteiger partial charge in [0.15, 0.2) is 0 Å². The smallest absolute Gasteiger partial charge is 0.502 e. The minimum atomic E-state index is -0.114. The van der Waals surface area contributed by atoms with Crippen LogP contribution in [0.15, 0.2) is 79.1 Å². The van der Waals surface area contributed by atoms with Crippen LogP contribution >= 0.6 is 0 Å². The van der Waals surface area contributed by atoms with Crippen LogP contribution in [-0.2, 0) is 6.42 Å². The number of aromatic nitrogens is 1. The summed E-state index contributed by atoms with van der Waals surface area (Å²) >= 11 is 0. The maximum Gasteiger partial charge on any atom is 0.502 e. The summed E-state index contributed by atoms with van der Waals surface area (Å²) in [5.41, 5.74) is 3.23. The van der Waals surface area contributed by atoms with Crippen LogP contribution in [0.3, 0.4) is 0 Å². The number of halogens is 1. The zero-order chi connectivity index (χ0) is 17.6. The lowest BCUT2D eigenvalue weighted by atomic mass is 10.1. The second-order valence-corrected chi connectivity index (χ2v) is 5.82. The number of amides is 1. The van der Waals surface area contributed by atoms with Crippen molar-refractivity contribution in [2.75, 3.05) is 19.1 Å². The number of carbonyl (C=O) groups is 1. The van der Waals surface area contributed by atoms with Crippen molar-refractivity contribution in [1.29, 1.82) is 0 Å². The lowest BCUT2D eigenvalue weighted by molar-refractivity contribution is -0.569. The zero-order valence-electron chi connectivity index (χ0n) is 14.8. The minimum absolute atomic E-state index is 0. The molecule has 0 aliphatic carbocycles. The molecular weight excluding hydrogens is 348 g/mol. The molecule has 0 N–H and O–H groups in total. The molecule has 0 aliphatic heterocycles. The molecule has 0 radical (unpaired) electrons. The summed E-state index contributed by atoms with van der Waals surface area (Å²) in [7, 11) is 3.38. The molecule has 0 fully saturated rings. The molecule has 3 rings (SSSR count). The Hall–Kier alpha value is -2.85. The minimum Gasteiger partial charge on any atom is -1.00 e. The van der Waals surface area contributed by atoms with Gasteiger partial charge in [-0.25, -0.2) is 0 Å². The fourth-order valence-corrected chi connectivity index (χ4v) is 2.62. The number of rotatable bonds is 4. The van der Waals surface area contributed by atoms with Crippen molar-refractivity contribution in [1.82, 2.24) is 0 Å². The molecule has 0 saturated carbocycles. The molecule has 0 atom stereocenters. The van der Waals surface area contributed by atoms with Gasteiger partial charge in [0.05, 0.1) is 26.6 Å². The first-order valence-electron chi connectivity index (χ1n) is 8.13. The van der Waals surface area contributed by atoms with Crippen molar-refractivity contribution >= 4 is 11.7 Å². The second kappa shape index (κ2) is 9.02.